The van der Waals surface area contributed by atoms with Crippen molar-refractivity contribution in [1.29, 1.82) is 0 Å². The first-order chi connectivity index (χ1) is 11.8. The molecular weight excluding hydrogens is 296 g/mol. The summed E-state index contributed by atoms with van der Waals surface area (Å²) in [6, 6.07) is 19.9. The molecular formula is C21H18N2O. The van der Waals surface area contributed by atoms with E-state index in [-0.39, 0.29) is 5.91 Å². The summed E-state index contributed by atoms with van der Waals surface area (Å²) >= 11 is 0. The van der Waals surface area contributed by atoms with Crippen LogP contribution in [0, 0.1) is 0 Å². The Labute approximate surface area is 141 Å². The molecule has 0 saturated heterocycles. The van der Waals surface area contributed by atoms with Crippen LogP contribution in [0.5, 0.6) is 0 Å². The Balaban J connectivity index is 1.52. The molecule has 0 unspecified atom stereocenters. The van der Waals surface area contributed by atoms with E-state index in [9.17, 15) is 4.79 Å². The Morgan fingerprint density at radius 3 is 2.75 bits per heavy atom. The fourth-order valence-electron chi connectivity index (χ4n) is 3.32. The highest BCUT2D eigenvalue weighted by Gasteiger charge is 2.10. The average Bonchev–Trinajstić information content (AvgIpc) is 3.09. The fourth-order valence-corrected chi connectivity index (χ4v) is 3.32. The number of hydrogen-bond donors (Lipinski definition) is 1. The van der Waals surface area contributed by atoms with Crippen molar-refractivity contribution in [3.05, 3.63) is 82.9 Å². The zero-order chi connectivity index (χ0) is 16.4. The van der Waals surface area contributed by atoms with Crippen molar-refractivity contribution in [3.8, 4) is 0 Å². The van der Waals surface area contributed by atoms with E-state index < -0.39 is 0 Å². The third-order valence-electron chi connectivity index (χ3n) is 4.54. The maximum Gasteiger partial charge on any atom is 0.271 e. The van der Waals surface area contributed by atoms with Crippen molar-refractivity contribution in [2.45, 2.75) is 19.3 Å². The molecule has 1 aliphatic carbocycles. The summed E-state index contributed by atoms with van der Waals surface area (Å²) in [5.74, 6) is -0.191. The molecule has 0 heterocycles. The minimum atomic E-state index is -0.191. The molecule has 118 valence electrons. The van der Waals surface area contributed by atoms with Gasteiger partial charge in [0.2, 0.25) is 0 Å². The molecule has 1 amide bonds. The van der Waals surface area contributed by atoms with Gasteiger partial charge in [-0.05, 0) is 58.9 Å². The van der Waals surface area contributed by atoms with Crippen molar-refractivity contribution in [3.63, 3.8) is 0 Å². The highest BCUT2D eigenvalue weighted by molar-refractivity contribution is 6.07. The van der Waals surface area contributed by atoms with Gasteiger partial charge in [0.1, 0.15) is 0 Å². The largest absolute Gasteiger partial charge is 0.271 e. The van der Waals surface area contributed by atoms with Gasteiger partial charge < -0.3 is 0 Å². The molecule has 0 saturated carbocycles. The maximum atomic E-state index is 12.4. The third kappa shape index (κ3) is 2.81. The average molecular weight is 314 g/mol. The lowest BCUT2D eigenvalue weighted by Crippen LogP contribution is -2.17. The Morgan fingerprint density at radius 2 is 1.79 bits per heavy atom. The summed E-state index contributed by atoms with van der Waals surface area (Å²) in [4.78, 5) is 12.4. The normalized spacial score (nSPS) is 13.3. The van der Waals surface area contributed by atoms with E-state index in [0.29, 0.717) is 5.56 Å². The number of amides is 1. The van der Waals surface area contributed by atoms with Crippen LogP contribution in [0.2, 0.25) is 0 Å². The second kappa shape index (κ2) is 6.28. The number of nitrogens with zero attached hydrogens (tertiary/aromatic N) is 1. The molecule has 3 aromatic rings. The molecule has 4 rings (SSSR count). The lowest BCUT2D eigenvalue weighted by molar-refractivity contribution is 0.0957. The first-order valence-electron chi connectivity index (χ1n) is 8.24. The highest BCUT2D eigenvalue weighted by Crippen LogP contribution is 2.22. The molecule has 0 atom stereocenters. The van der Waals surface area contributed by atoms with E-state index >= 15 is 0 Å². The fraction of sp³-hybridized carbons (Fsp3) is 0.143. The topological polar surface area (TPSA) is 41.5 Å². The zero-order valence-electron chi connectivity index (χ0n) is 13.3. The van der Waals surface area contributed by atoms with Crippen LogP contribution in [0.4, 0.5) is 0 Å². The van der Waals surface area contributed by atoms with Crippen LogP contribution in [0.25, 0.3) is 10.8 Å². The molecule has 0 radical (unpaired) electrons. The number of aryl methyl sites for hydroxylation is 2. The SMILES string of the molecule is O=C(N/N=C\c1ccc2c(c1)CCC2)c1cccc2ccccc12. The standard InChI is InChI=1S/C21H18N2O/c24-21(20-10-4-7-17-5-1-2-9-19(17)20)23-22-14-15-11-12-16-6-3-8-18(16)13-15/h1-2,4-5,7,9-14H,3,6,8H2,(H,23,24)/b22-14-. The number of carbonyl (C=O) groups is 1. The van der Waals surface area contributed by atoms with E-state index in [2.05, 4.69) is 28.7 Å². The van der Waals surface area contributed by atoms with Crippen molar-refractivity contribution in [1.82, 2.24) is 5.43 Å². The number of hydrazone groups is 1. The third-order valence-corrected chi connectivity index (χ3v) is 4.54. The van der Waals surface area contributed by atoms with Gasteiger partial charge in [0.25, 0.3) is 5.91 Å². The molecule has 24 heavy (non-hydrogen) atoms. The molecule has 3 heteroatoms. The molecule has 0 spiro atoms. The van der Waals surface area contributed by atoms with Crippen LogP contribution in [-0.2, 0) is 12.8 Å². The zero-order valence-corrected chi connectivity index (χ0v) is 13.3. The Morgan fingerprint density at radius 1 is 0.958 bits per heavy atom. The van der Waals surface area contributed by atoms with Crippen molar-refractivity contribution >= 4 is 22.9 Å². The van der Waals surface area contributed by atoms with Gasteiger partial charge in [0.15, 0.2) is 0 Å². The van der Waals surface area contributed by atoms with Gasteiger partial charge in [-0.25, -0.2) is 5.43 Å². The van der Waals surface area contributed by atoms with Gasteiger partial charge in [0, 0.05) is 5.56 Å². The van der Waals surface area contributed by atoms with E-state index in [0.717, 1.165) is 22.8 Å². The summed E-state index contributed by atoms with van der Waals surface area (Å²) in [7, 11) is 0. The Hall–Kier alpha value is -2.94. The molecule has 1 aliphatic rings. The Bertz CT molecular complexity index is 938. The number of fused-ring (bicyclic) bond motifs is 2. The summed E-state index contributed by atoms with van der Waals surface area (Å²) in [5, 5.41) is 6.11. The van der Waals surface area contributed by atoms with Crippen LogP contribution in [-0.4, -0.2) is 12.1 Å². The summed E-state index contributed by atoms with van der Waals surface area (Å²) in [6.45, 7) is 0. The molecule has 1 N–H and O–H groups in total. The molecule has 0 aliphatic heterocycles. The first kappa shape index (κ1) is 14.6. The highest BCUT2D eigenvalue weighted by atomic mass is 16.2. The van der Waals surface area contributed by atoms with Gasteiger partial charge in [-0.1, -0.05) is 48.5 Å². The molecule has 3 nitrogen and oxygen atoms in total. The lowest BCUT2D eigenvalue weighted by Gasteiger charge is -2.05. The summed E-state index contributed by atoms with van der Waals surface area (Å²) < 4.78 is 0. The quantitative estimate of drug-likeness (QED) is 0.574. The van der Waals surface area contributed by atoms with Crippen LogP contribution in [0.15, 0.2) is 65.8 Å². The van der Waals surface area contributed by atoms with Gasteiger partial charge in [0.05, 0.1) is 6.21 Å². The van der Waals surface area contributed by atoms with Gasteiger partial charge >= 0.3 is 0 Å². The van der Waals surface area contributed by atoms with Crippen molar-refractivity contribution < 1.29 is 4.79 Å². The monoisotopic (exact) mass is 314 g/mol. The minimum Gasteiger partial charge on any atom is -0.267 e. The predicted octanol–water partition coefficient (Wildman–Crippen LogP) is 4.09. The van der Waals surface area contributed by atoms with Gasteiger partial charge in [-0.15, -0.1) is 0 Å². The number of benzene rings is 3. The summed E-state index contributed by atoms with van der Waals surface area (Å²) in [5.41, 5.74) is 7.14. The van der Waals surface area contributed by atoms with Gasteiger partial charge in [-0.2, -0.15) is 5.10 Å². The minimum absolute atomic E-state index is 0.191. The number of nitrogens with one attached hydrogen (secondary N) is 1. The molecule has 3 aromatic carbocycles. The first-order valence-corrected chi connectivity index (χ1v) is 8.24. The number of carbonyl (C=O) groups excluding carboxylic acids is 1. The van der Waals surface area contributed by atoms with Crippen LogP contribution < -0.4 is 5.43 Å². The van der Waals surface area contributed by atoms with Gasteiger partial charge in [-0.3, -0.25) is 4.79 Å². The van der Waals surface area contributed by atoms with E-state index in [1.54, 1.807) is 6.21 Å². The predicted molar refractivity (Wildman–Crippen MR) is 97.5 cm³/mol. The molecule has 0 bridgehead atoms. The second-order valence-corrected chi connectivity index (χ2v) is 6.11. The number of rotatable bonds is 3. The van der Waals surface area contributed by atoms with E-state index in [1.165, 1.54) is 24.0 Å². The van der Waals surface area contributed by atoms with Crippen LogP contribution in [0.3, 0.4) is 0 Å². The second-order valence-electron chi connectivity index (χ2n) is 6.11. The van der Waals surface area contributed by atoms with Crippen molar-refractivity contribution in [2.75, 3.05) is 0 Å². The van der Waals surface area contributed by atoms with E-state index in [4.69, 9.17) is 0 Å². The summed E-state index contributed by atoms with van der Waals surface area (Å²) in [6.07, 6.45) is 5.25. The van der Waals surface area contributed by atoms with Crippen molar-refractivity contribution in [2.24, 2.45) is 5.10 Å². The molecule has 0 fully saturated rings. The maximum absolute atomic E-state index is 12.4. The van der Waals surface area contributed by atoms with Crippen LogP contribution >= 0.6 is 0 Å². The smallest absolute Gasteiger partial charge is 0.267 e. The Kier molecular flexibility index (Phi) is 3.83. The van der Waals surface area contributed by atoms with Crippen LogP contribution in [0.1, 0.15) is 33.5 Å². The number of hydrogen-bond acceptors (Lipinski definition) is 2. The molecule has 0 aromatic heterocycles. The van der Waals surface area contributed by atoms with E-state index in [1.807, 2.05) is 42.5 Å². The lowest BCUT2D eigenvalue weighted by atomic mass is 10.0.